The van der Waals surface area contributed by atoms with Crippen molar-refractivity contribution in [3.8, 4) is 0 Å². The molecule has 3 rings (SSSR count). The predicted octanol–water partition coefficient (Wildman–Crippen LogP) is 1.84. The first-order valence-corrected chi connectivity index (χ1v) is 10.2. The van der Waals surface area contributed by atoms with E-state index in [4.69, 9.17) is 0 Å². The number of hydrogen-bond acceptors (Lipinski definition) is 5. The molecule has 152 valence electrons. The Kier molecular flexibility index (Phi) is 7.03. The molecular weight excluding hydrogens is 354 g/mol. The number of para-hydroxylation sites is 2. The Morgan fingerprint density at radius 3 is 2.68 bits per heavy atom. The van der Waals surface area contributed by atoms with Crippen LogP contribution in [0.25, 0.3) is 11.0 Å². The number of fused-ring (bicyclic) bond motifs is 1. The van der Waals surface area contributed by atoms with Gasteiger partial charge in [0.05, 0.1) is 11.0 Å². The summed E-state index contributed by atoms with van der Waals surface area (Å²) in [6.07, 6.45) is 4.57. The minimum atomic E-state index is -0.0963. The van der Waals surface area contributed by atoms with Crippen LogP contribution in [0.2, 0.25) is 0 Å². The van der Waals surface area contributed by atoms with E-state index < -0.39 is 0 Å². The van der Waals surface area contributed by atoms with Gasteiger partial charge in [-0.25, -0.2) is 4.98 Å². The number of rotatable bonds is 8. The fourth-order valence-corrected chi connectivity index (χ4v) is 3.64. The molecule has 1 aliphatic heterocycles. The molecule has 7 nitrogen and oxygen atoms in total. The maximum Gasteiger partial charge on any atom is 0.294 e. The lowest BCUT2D eigenvalue weighted by Gasteiger charge is -2.27. The highest BCUT2D eigenvalue weighted by Gasteiger charge is 2.19. The van der Waals surface area contributed by atoms with Crippen molar-refractivity contribution in [3.05, 3.63) is 34.6 Å². The highest BCUT2D eigenvalue weighted by atomic mass is 16.2. The highest BCUT2D eigenvalue weighted by molar-refractivity contribution is 5.78. The van der Waals surface area contributed by atoms with Crippen LogP contribution in [0.5, 0.6) is 0 Å². The molecule has 1 aliphatic rings. The average Bonchev–Trinajstić information content (AvgIpc) is 2.70. The van der Waals surface area contributed by atoms with Gasteiger partial charge >= 0.3 is 0 Å². The van der Waals surface area contributed by atoms with Crippen LogP contribution in [0.3, 0.4) is 0 Å². The van der Waals surface area contributed by atoms with Gasteiger partial charge < -0.3 is 19.7 Å². The topological polar surface area (TPSA) is 70.5 Å². The molecule has 0 saturated carbocycles. The molecule has 0 spiro atoms. The largest absolute Gasteiger partial charge is 0.356 e. The van der Waals surface area contributed by atoms with Gasteiger partial charge in [-0.05, 0) is 58.5 Å². The summed E-state index contributed by atoms with van der Waals surface area (Å²) in [4.78, 5) is 34.2. The number of amides is 1. The van der Waals surface area contributed by atoms with Gasteiger partial charge in [-0.1, -0.05) is 12.1 Å². The number of carbonyl (C=O) groups is 1. The third kappa shape index (κ3) is 5.10. The number of carbonyl (C=O) groups excluding carboxylic acids is 1. The molecule has 0 atom stereocenters. The maximum atomic E-state index is 13.2. The Morgan fingerprint density at radius 2 is 1.93 bits per heavy atom. The Hall–Kier alpha value is -2.41. The van der Waals surface area contributed by atoms with Gasteiger partial charge in [0.2, 0.25) is 5.91 Å². The van der Waals surface area contributed by atoms with E-state index in [2.05, 4.69) is 20.1 Å². The standard InChI is InChI=1S/C21H31N5O2/c1-24(2)13-8-12-22-19(27)11-16-26-18-10-5-4-9-17(18)23-20(21(26)28)25-14-6-3-7-15-25/h4-5,9-10H,3,6-8,11-16H2,1-2H3,(H,22,27). The lowest BCUT2D eigenvalue weighted by molar-refractivity contribution is -0.121. The van der Waals surface area contributed by atoms with E-state index in [0.717, 1.165) is 49.9 Å². The predicted molar refractivity (Wildman–Crippen MR) is 113 cm³/mol. The van der Waals surface area contributed by atoms with Gasteiger partial charge in [0.1, 0.15) is 0 Å². The molecule has 7 heteroatoms. The molecule has 1 saturated heterocycles. The van der Waals surface area contributed by atoms with Crippen LogP contribution >= 0.6 is 0 Å². The van der Waals surface area contributed by atoms with Crippen molar-refractivity contribution in [1.29, 1.82) is 0 Å². The maximum absolute atomic E-state index is 13.2. The van der Waals surface area contributed by atoms with Crippen LogP contribution in [0, 0.1) is 0 Å². The van der Waals surface area contributed by atoms with Gasteiger partial charge in [-0.3, -0.25) is 9.59 Å². The minimum Gasteiger partial charge on any atom is -0.356 e. The molecule has 0 radical (unpaired) electrons. The van der Waals surface area contributed by atoms with Gasteiger partial charge in [-0.15, -0.1) is 0 Å². The van der Waals surface area contributed by atoms with E-state index in [9.17, 15) is 9.59 Å². The van der Waals surface area contributed by atoms with E-state index in [-0.39, 0.29) is 17.9 Å². The molecule has 2 aromatic rings. The average molecular weight is 386 g/mol. The molecule has 0 unspecified atom stereocenters. The highest BCUT2D eigenvalue weighted by Crippen LogP contribution is 2.18. The second kappa shape index (κ2) is 9.68. The van der Waals surface area contributed by atoms with Crippen LogP contribution in [0.1, 0.15) is 32.1 Å². The van der Waals surface area contributed by atoms with Gasteiger partial charge in [0.15, 0.2) is 5.82 Å². The number of piperidine rings is 1. The summed E-state index contributed by atoms with van der Waals surface area (Å²) >= 11 is 0. The zero-order valence-electron chi connectivity index (χ0n) is 17.0. The quantitative estimate of drug-likeness (QED) is 0.702. The second-order valence-electron chi connectivity index (χ2n) is 7.69. The zero-order valence-corrected chi connectivity index (χ0v) is 17.0. The van der Waals surface area contributed by atoms with Crippen molar-refractivity contribution in [1.82, 2.24) is 19.8 Å². The smallest absolute Gasteiger partial charge is 0.294 e. The molecule has 1 aromatic heterocycles. The van der Waals surface area contributed by atoms with Crippen molar-refractivity contribution in [3.63, 3.8) is 0 Å². The Balaban J connectivity index is 1.75. The van der Waals surface area contributed by atoms with Crippen molar-refractivity contribution < 1.29 is 4.79 Å². The van der Waals surface area contributed by atoms with Crippen molar-refractivity contribution in [2.24, 2.45) is 0 Å². The van der Waals surface area contributed by atoms with E-state index in [1.165, 1.54) is 6.42 Å². The Labute approximate surface area is 166 Å². The number of nitrogens with zero attached hydrogens (tertiary/aromatic N) is 4. The molecule has 1 amide bonds. The SMILES string of the molecule is CN(C)CCCNC(=O)CCn1c(=O)c(N2CCCCC2)nc2ccccc21. The first kappa shape index (κ1) is 20.3. The van der Waals surface area contributed by atoms with Crippen molar-refractivity contribution in [2.45, 2.75) is 38.6 Å². The first-order valence-electron chi connectivity index (χ1n) is 10.2. The van der Waals surface area contributed by atoms with E-state index in [1.54, 1.807) is 4.57 Å². The molecular formula is C21H31N5O2. The van der Waals surface area contributed by atoms with Gasteiger partial charge in [0, 0.05) is 32.6 Å². The second-order valence-corrected chi connectivity index (χ2v) is 7.69. The lowest BCUT2D eigenvalue weighted by Crippen LogP contribution is -2.37. The monoisotopic (exact) mass is 385 g/mol. The molecule has 0 bridgehead atoms. The van der Waals surface area contributed by atoms with Crippen LogP contribution in [-0.4, -0.2) is 60.6 Å². The number of aryl methyl sites for hydroxylation is 1. The fourth-order valence-electron chi connectivity index (χ4n) is 3.64. The van der Waals surface area contributed by atoms with Crippen LogP contribution in [-0.2, 0) is 11.3 Å². The number of anilines is 1. The van der Waals surface area contributed by atoms with Gasteiger partial charge in [-0.2, -0.15) is 0 Å². The van der Waals surface area contributed by atoms with Crippen molar-refractivity contribution >= 4 is 22.8 Å². The third-order valence-corrected chi connectivity index (χ3v) is 5.16. The molecule has 28 heavy (non-hydrogen) atoms. The molecule has 2 heterocycles. The lowest BCUT2D eigenvalue weighted by atomic mass is 10.1. The zero-order chi connectivity index (χ0) is 19.9. The molecule has 0 aliphatic carbocycles. The Morgan fingerprint density at radius 1 is 1.18 bits per heavy atom. The Bertz CT molecular complexity index is 855. The summed E-state index contributed by atoms with van der Waals surface area (Å²) in [7, 11) is 4.03. The van der Waals surface area contributed by atoms with Crippen LogP contribution in [0.15, 0.2) is 29.1 Å². The number of nitrogens with one attached hydrogen (secondary N) is 1. The summed E-state index contributed by atoms with van der Waals surface area (Å²) in [5.74, 6) is 0.496. The van der Waals surface area contributed by atoms with Crippen molar-refractivity contribution in [2.75, 3.05) is 45.2 Å². The number of benzene rings is 1. The van der Waals surface area contributed by atoms with Gasteiger partial charge in [0.25, 0.3) is 5.56 Å². The normalized spacial score (nSPS) is 14.6. The summed E-state index contributed by atoms with van der Waals surface area (Å²) < 4.78 is 1.71. The molecule has 1 fully saturated rings. The van der Waals surface area contributed by atoms with E-state index in [0.29, 0.717) is 18.9 Å². The third-order valence-electron chi connectivity index (χ3n) is 5.16. The number of aromatic nitrogens is 2. The summed E-state index contributed by atoms with van der Waals surface area (Å²) in [5.41, 5.74) is 1.49. The first-order chi connectivity index (χ1) is 13.6. The summed E-state index contributed by atoms with van der Waals surface area (Å²) in [5, 5.41) is 2.95. The number of hydrogen-bond donors (Lipinski definition) is 1. The summed E-state index contributed by atoms with van der Waals surface area (Å²) in [6.45, 7) is 3.69. The molecule has 1 aromatic carbocycles. The van der Waals surface area contributed by atoms with Crippen LogP contribution in [0.4, 0.5) is 5.82 Å². The van der Waals surface area contributed by atoms with Crippen LogP contribution < -0.4 is 15.8 Å². The fraction of sp³-hybridized carbons (Fsp3) is 0.571. The van der Waals surface area contributed by atoms with E-state index in [1.807, 2.05) is 38.4 Å². The minimum absolute atomic E-state index is 0.0222. The van der Waals surface area contributed by atoms with E-state index >= 15 is 0 Å². The summed E-state index contributed by atoms with van der Waals surface area (Å²) in [6, 6.07) is 7.67. The molecule has 1 N–H and O–H groups in total.